The Labute approximate surface area is 94.0 Å². The van der Waals surface area contributed by atoms with Gasteiger partial charge in [-0.15, -0.1) is 0 Å². The Hall–Kier alpha value is -2.03. The number of methoxy groups -OCH3 is 1. The van der Waals surface area contributed by atoms with Gasteiger partial charge in [0.1, 0.15) is 0 Å². The molecule has 0 unspecified atom stereocenters. The van der Waals surface area contributed by atoms with Crippen LogP contribution in [-0.2, 0) is 4.74 Å². The van der Waals surface area contributed by atoms with Gasteiger partial charge in [-0.1, -0.05) is 24.3 Å². The van der Waals surface area contributed by atoms with E-state index in [1.807, 2.05) is 24.1 Å². The second kappa shape index (κ2) is 3.23. The molecule has 1 aliphatic rings. The van der Waals surface area contributed by atoms with Gasteiger partial charge in [-0.05, 0) is 17.5 Å². The minimum Gasteiger partial charge on any atom is -0.468 e. The number of hydrogen-bond donors (Lipinski definition) is 0. The van der Waals surface area contributed by atoms with Gasteiger partial charge in [0.25, 0.3) is 6.02 Å². The Morgan fingerprint density at radius 2 is 1.88 bits per heavy atom. The molecule has 3 rings (SSSR count). The Balaban J connectivity index is 2.41. The molecule has 80 valence electrons. The smallest absolute Gasteiger partial charge is 0.296 e. The van der Waals surface area contributed by atoms with Gasteiger partial charge in [0, 0.05) is 12.4 Å². The molecule has 3 heteroatoms. The van der Waals surface area contributed by atoms with Gasteiger partial charge in [0.15, 0.2) is 0 Å². The normalized spacial score (nSPS) is 13.9. The number of ether oxygens (including phenoxy) is 1. The van der Waals surface area contributed by atoms with Crippen molar-refractivity contribution in [2.45, 2.75) is 0 Å². The lowest BCUT2D eigenvalue weighted by Crippen LogP contribution is -2.29. The summed E-state index contributed by atoms with van der Waals surface area (Å²) < 4.78 is 5.27. The van der Waals surface area contributed by atoms with E-state index in [4.69, 9.17) is 4.74 Å². The maximum atomic E-state index is 5.27. The number of hydrogen-bond acceptors (Lipinski definition) is 3. The fraction of sp³-hybridized carbons (Fsp3) is 0.154. The van der Waals surface area contributed by atoms with E-state index in [9.17, 15) is 0 Å². The van der Waals surface area contributed by atoms with Gasteiger partial charge < -0.3 is 4.74 Å². The monoisotopic (exact) mass is 212 g/mol. The number of anilines is 1. The average molecular weight is 212 g/mol. The van der Waals surface area contributed by atoms with Crippen LogP contribution in [0.1, 0.15) is 0 Å². The van der Waals surface area contributed by atoms with Gasteiger partial charge >= 0.3 is 0 Å². The van der Waals surface area contributed by atoms with Crippen LogP contribution < -0.4 is 4.90 Å². The third-order valence-corrected chi connectivity index (χ3v) is 2.91. The van der Waals surface area contributed by atoms with Crippen molar-refractivity contribution in [3.8, 4) is 0 Å². The third-order valence-electron chi connectivity index (χ3n) is 2.91. The summed E-state index contributed by atoms with van der Waals surface area (Å²) in [7, 11) is 3.61. The Bertz CT molecular complexity index is 584. The molecule has 0 fully saturated rings. The lowest BCUT2D eigenvalue weighted by Gasteiger charge is -2.25. The third kappa shape index (κ3) is 1.11. The van der Waals surface area contributed by atoms with E-state index < -0.39 is 0 Å². The van der Waals surface area contributed by atoms with Crippen LogP contribution in [0.2, 0.25) is 0 Å². The van der Waals surface area contributed by atoms with Crippen molar-refractivity contribution in [2.24, 2.45) is 4.99 Å². The molecule has 0 radical (unpaired) electrons. The minimum absolute atomic E-state index is 0.631. The molecule has 2 aromatic rings. The summed E-state index contributed by atoms with van der Waals surface area (Å²) in [5, 5.41) is 2.40. The molecule has 0 bridgehead atoms. The predicted octanol–water partition coefficient (Wildman–Crippen LogP) is 2.92. The molecule has 1 aliphatic heterocycles. The number of rotatable bonds is 0. The molecule has 0 atom stereocenters. The summed E-state index contributed by atoms with van der Waals surface area (Å²) in [6.07, 6.45) is 0. The van der Waals surface area contributed by atoms with Gasteiger partial charge in [0.05, 0.1) is 18.5 Å². The molecular formula is C13H12N2O. The van der Waals surface area contributed by atoms with Crippen molar-refractivity contribution in [3.63, 3.8) is 0 Å². The largest absolute Gasteiger partial charge is 0.468 e. The zero-order chi connectivity index (χ0) is 11.1. The summed E-state index contributed by atoms with van der Waals surface area (Å²) in [6.45, 7) is 0. The first-order valence-electron chi connectivity index (χ1n) is 5.19. The number of aliphatic imine (C=N–C) groups is 1. The van der Waals surface area contributed by atoms with Crippen molar-refractivity contribution in [3.05, 3.63) is 36.4 Å². The number of nitrogens with zero attached hydrogens (tertiary/aromatic N) is 2. The second-order valence-corrected chi connectivity index (χ2v) is 3.81. The van der Waals surface area contributed by atoms with Crippen LogP contribution >= 0.6 is 0 Å². The maximum Gasteiger partial charge on any atom is 0.296 e. The van der Waals surface area contributed by atoms with Gasteiger partial charge in [-0.2, -0.15) is 4.99 Å². The van der Waals surface area contributed by atoms with E-state index in [2.05, 4.69) is 29.3 Å². The highest BCUT2D eigenvalue weighted by atomic mass is 16.5. The van der Waals surface area contributed by atoms with E-state index in [0.29, 0.717) is 6.02 Å². The molecule has 0 saturated heterocycles. The van der Waals surface area contributed by atoms with E-state index >= 15 is 0 Å². The quantitative estimate of drug-likeness (QED) is 0.670. The molecule has 2 aromatic carbocycles. The van der Waals surface area contributed by atoms with Gasteiger partial charge in [0.2, 0.25) is 0 Å². The Morgan fingerprint density at radius 1 is 1.12 bits per heavy atom. The van der Waals surface area contributed by atoms with Crippen molar-refractivity contribution in [2.75, 3.05) is 19.1 Å². The van der Waals surface area contributed by atoms with Crippen LogP contribution in [0.25, 0.3) is 10.8 Å². The first-order valence-corrected chi connectivity index (χ1v) is 5.19. The van der Waals surface area contributed by atoms with Crippen LogP contribution in [-0.4, -0.2) is 20.2 Å². The van der Waals surface area contributed by atoms with E-state index in [-0.39, 0.29) is 0 Å². The summed E-state index contributed by atoms with van der Waals surface area (Å²) in [5.74, 6) is 0. The van der Waals surface area contributed by atoms with Crippen molar-refractivity contribution < 1.29 is 4.74 Å². The zero-order valence-electron chi connectivity index (χ0n) is 9.27. The molecule has 0 amide bonds. The first-order chi connectivity index (χ1) is 7.81. The number of benzene rings is 2. The van der Waals surface area contributed by atoms with Gasteiger partial charge in [-0.25, -0.2) is 0 Å². The average Bonchev–Trinajstić information content (AvgIpc) is 2.33. The highest BCUT2D eigenvalue weighted by Gasteiger charge is 2.19. The van der Waals surface area contributed by atoms with Crippen LogP contribution in [0.15, 0.2) is 41.4 Å². The Kier molecular flexibility index (Phi) is 1.86. The molecule has 0 aromatic heterocycles. The molecule has 0 spiro atoms. The Morgan fingerprint density at radius 3 is 2.62 bits per heavy atom. The minimum atomic E-state index is 0.631. The summed E-state index contributed by atoms with van der Waals surface area (Å²) in [4.78, 5) is 6.45. The molecule has 0 N–H and O–H groups in total. The molecule has 0 aliphatic carbocycles. The van der Waals surface area contributed by atoms with Crippen molar-refractivity contribution in [1.82, 2.24) is 0 Å². The summed E-state index contributed by atoms with van der Waals surface area (Å²) >= 11 is 0. The van der Waals surface area contributed by atoms with Crippen LogP contribution in [0.4, 0.5) is 11.4 Å². The van der Waals surface area contributed by atoms with Crippen molar-refractivity contribution >= 4 is 28.2 Å². The second-order valence-electron chi connectivity index (χ2n) is 3.81. The van der Waals surface area contributed by atoms with Crippen LogP contribution in [0.5, 0.6) is 0 Å². The standard InChI is InChI=1S/C13H12N2O/c1-15-11-8-4-6-9-5-3-7-10(12(9)11)14-13(15)16-2/h3-8H,1-2H3. The first kappa shape index (κ1) is 9.21. The predicted molar refractivity (Wildman–Crippen MR) is 66.5 cm³/mol. The maximum absolute atomic E-state index is 5.27. The fourth-order valence-electron chi connectivity index (χ4n) is 2.14. The van der Waals surface area contributed by atoms with Crippen LogP contribution in [0.3, 0.4) is 0 Å². The summed E-state index contributed by atoms with van der Waals surface area (Å²) in [5.41, 5.74) is 2.11. The molecular weight excluding hydrogens is 200 g/mol. The highest BCUT2D eigenvalue weighted by molar-refractivity contribution is 6.12. The summed E-state index contributed by atoms with van der Waals surface area (Å²) in [6, 6.07) is 13.0. The molecule has 16 heavy (non-hydrogen) atoms. The van der Waals surface area contributed by atoms with E-state index in [0.717, 1.165) is 11.4 Å². The molecule has 3 nitrogen and oxygen atoms in total. The van der Waals surface area contributed by atoms with Crippen molar-refractivity contribution in [1.29, 1.82) is 0 Å². The fourth-order valence-corrected chi connectivity index (χ4v) is 2.14. The molecule has 0 saturated carbocycles. The SMILES string of the molecule is COC1=Nc2cccc3cccc(c23)N1C. The number of amidine groups is 1. The van der Waals surface area contributed by atoms with Gasteiger partial charge in [-0.3, -0.25) is 4.90 Å². The lowest BCUT2D eigenvalue weighted by molar-refractivity contribution is 0.393. The topological polar surface area (TPSA) is 24.8 Å². The lowest BCUT2D eigenvalue weighted by atomic mass is 10.1. The van der Waals surface area contributed by atoms with E-state index in [1.54, 1.807) is 7.11 Å². The van der Waals surface area contributed by atoms with E-state index in [1.165, 1.54) is 10.8 Å². The molecule has 1 heterocycles. The zero-order valence-corrected chi connectivity index (χ0v) is 9.27. The highest BCUT2D eigenvalue weighted by Crippen LogP contribution is 2.37. The van der Waals surface area contributed by atoms with Crippen LogP contribution in [0, 0.1) is 0 Å².